The summed E-state index contributed by atoms with van der Waals surface area (Å²) in [5.41, 5.74) is 9.67. The third kappa shape index (κ3) is 6.91. The molecule has 0 saturated heterocycles. The van der Waals surface area contributed by atoms with Crippen molar-refractivity contribution in [2.75, 3.05) is 0 Å². The number of furan rings is 1. The van der Waals surface area contributed by atoms with Crippen LogP contribution in [0.15, 0.2) is 101 Å². The van der Waals surface area contributed by atoms with Gasteiger partial charge in [0.05, 0.1) is 11.3 Å². The van der Waals surface area contributed by atoms with Crippen molar-refractivity contribution in [2.45, 2.75) is 27.7 Å². The minimum Gasteiger partial charge on any atom is -0.512 e. The van der Waals surface area contributed by atoms with E-state index in [0.717, 1.165) is 33.7 Å². The Morgan fingerprint density at radius 2 is 1.57 bits per heavy atom. The molecule has 4 nitrogen and oxygen atoms in total. The number of aliphatic hydroxyl groups excluding tert-OH is 1. The molecule has 1 N–H and O–H groups in total. The monoisotopic (exact) mass is 667 g/mol. The average molecular weight is 667 g/mol. The number of allylic oxidation sites excluding steroid dienone is 2. The van der Waals surface area contributed by atoms with E-state index in [1.807, 2.05) is 42.5 Å². The fourth-order valence-corrected chi connectivity index (χ4v) is 4.13. The van der Waals surface area contributed by atoms with Crippen LogP contribution in [0.2, 0.25) is 0 Å². The number of aromatic nitrogens is 1. The summed E-state index contributed by atoms with van der Waals surface area (Å²) in [7, 11) is 0. The maximum Gasteiger partial charge on any atom is 0.155 e. The Morgan fingerprint density at radius 3 is 2.14 bits per heavy atom. The van der Waals surface area contributed by atoms with Gasteiger partial charge in [0.1, 0.15) is 5.76 Å². The van der Waals surface area contributed by atoms with Crippen molar-refractivity contribution in [3.05, 3.63) is 114 Å². The number of pyridine rings is 1. The molecule has 0 bridgehead atoms. The number of rotatable bonds is 4. The molecule has 0 saturated carbocycles. The normalized spacial score (nSPS) is 10.9. The molecule has 189 valence electrons. The van der Waals surface area contributed by atoms with Gasteiger partial charge in [0, 0.05) is 37.8 Å². The number of aliphatic hydroxyl groups is 1. The van der Waals surface area contributed by atoms with Gasteiger partial charge in [0.15, 0.2) is 11.4 Å². The van der Waals surface area contributed by atoms with Gasteiger partial charge in [-0.3, -0.25) is 9.78 Å². The summed E-state index contributed by atoms with van der Waals surface area (Å²) in [5, 5.41) is 8.36. The Balaban J connectivity index is 0.000000422. The Kier molecular flexibility index (Phi) is 9.35. The van der Waals surface area contributed by atoms with Crippen molar-refractivity contribution >= 4 is 16.9 Å². The Morgan fingerprint density at radius 1 is 0.892 bits per heavy atom. The van der Waals surface area contributed by atoms with Gasteiger partial charge in [-0.1, -0.05) is 48.5 Å². The van der Waals surface area contributed by atoms with E-state index in [9.17, 15) is 4.79 Å². The van der Waals surface area contributed by atoms with E-state index < -0.39 is 0 Å². The van der Waals surface area contributed by atoms with Crippen LogP contribution in [0.4, 0.5) is 0 Å². The quantitative estimate of drug-likeness (QED) is 0.119. The second-order valence-electron chi connectivity index (χ2n) is 8.71. The van der Waals surface area contributed by atoms with Gasteiger partial charge in [-0.25, -0.2) is 0 Å². The molecule has 5 rings (SSSR count). The first-order chi connectivity index (χ1) is 17.3. The van der Waals surface area contributed by atoms with Crippen molar-refractivity contribution < 1.29 is 34.4 Å². The minimum absolute atomic E-state index is 0. The van der Waals surface area contributed by atoms with Crippen LogP contribution in [0, 0.1) is 19.9 Å². The zero-order chi connectivity index (χ0) is 25.7. The number of hydrogen-bond donors (Lipinski definition) is 1. The van der Waals surface area contributed by atoms with Gasteiger partial charge >= 0.3 is 0 Å². The summed E-state index contributed by atoms with van der Waals surface area (Å²) in [4.78, 5) is 14.8. The molecular weight excluding hydrogens is 639 g/mol. The first kappa shape index (κ1) is 27.8. The summed E-state index contributed by atoms with van der Waals surface area (Å²) >= 11 is 0. The van der Waals surface area contributed by atoms with Crippen LogP contribution < -0.4 is 0 Å². The van der Waals surface area contributed by atoms with Crippen molar-refractivity contribution in [3.8, 4) is 33.7 Å². The number of nitrogens with zero attached hydrogens (tertiary/aromatic N) is 1. The van der Waals surface area contributed by atoms with E-state index in [0.29, 0.717) is 0 Å². The number of hydrogen-bond acceptors (Lipinski definition) is 4. The summed E-state index contributed by atoms with van der Waals surface area (Å²) in [6, 6.07) is 32.0. The molecule has 3 aromatic carbocycles. The zero-order valence-corrected chi connectivity index (χ0v) is 23.6. The number of fused-ring (bicyclic) bond motifs is 1. The molecule has 5 aromatic rings. The number of benzene rings is 3. The fraction of sp³-hybridized carbons (Fsp3) is 0.125. The van der Waals surface area contributed by atoms with Crippen LogP contribution in [0.25, 0.3) is 44.8 Å². The van der Waals surface area contributed by atoms with E-state index in [1.54, 1.807) is 0 Å². The molecule has 0 aliphatic carbocycles. The Bertz CT molecular complexity index is 1510. The van der Waals surface area contributed by atoms with Crippen LogP contribution in [0.5, 0.6) is 0 Å². The predicted octanol–water partition coefficient (Wildman–Crippen LogP) is 8.28. The maximum atomic E-state index is 10.0. The molecule has 0 fully saturated rings. The van der Waals surface area contributed by atoms with E-state index in [2.05, 4.69) is 62.4 Å². The van der Waals surface area contributed by atoms with Crippen molar-refractivity contribution in [2.24, 2.45) is 0 Å². The first-order valence-corrected chi connectivity index (χ1v) is 11.7. The van der Waals surface area contributed by atoms with Crippen LogP contribution in [-0.2, 0) is 24.9 Å². The molecule has 0 amide bonds. The largest absolute Gasteiger partial charge is 0.512 e. The van der Waals surface area contributed by atoms with Gasteiger partial charge in [-0.15, -0.1) is 35.9 Å². The van der Waals surface area contributed by atoms with Gasteiger partial charge in [0.25, 0.3) is 0 Å². The van der Waals surface area contributed by atoms with Gasteiger partial charge in [-0.05, 0) is 61.7 Å². The molecule has 2 heterocycles. The molecular formula is C32H28IrNO3-. The molecule has 0 atom stereocenters. The minimum atomic E-state index is -0.125. The summed E-state index contributed by atoms with van der Waals surface area (Å²) in [6.07, 6.45) is 1.17. The van der Waals surface area contributed by atoms with Crippen molar-refractivity contribution in [1.29, 1.82) is 0 Å². The van der Waals surface area contributed by atoms with E-state index in [1.165, 1.54) is 42.2 Å². The van der Waals surface area contributed by atoms with Crippen molar-refractivity contribution in [3.63, 3.8) is 0 Å². The summed E-state index contributed by atoms with van der Waals surface area (Å²) in [5.74, 6) is 0.766. The first-order valence-electron chi connectivity index (χ1n) is 11.7. The van der Waals surface area contributed by atoms with E-state index in [-0.39, 0.29) is 31.6 Å². The Labute approximate surface area is 231 Å². The van der Waals surface area contributed by atoms with E-state index in [4.69, 9.17) is 14.5 Å². The maximum absolute atomic E-state index is 10.0. The summed E-state index contributed by atoms with van der Waals surface area (Å²) < 4.78 is 6.07. The standard InChI is InChI=1S/C27H20NO.C5H8O2.Ir/c1-18-7-6-8-19(2)27(18)22-13-11-21(12-14-22)26-17-24-25(29-26)16-15-23(28-24)20-9-4-3-5-10-20;1-4(6)3-5(2)7;/h3-9,11-17H,1-2H3;3,6H,1-2H3;/q-1;;/b;4-3-;. The molecule has 0 aliphatic rings. The molecule has 5 heteroatoms. The number of carbonyl (C=O) groups is 1. The zero-order valence-electron chi connectivity index (χ0n) is 21.2. The third-order valence-electron chi connectivity index (χ3n) is 5.71. The topological polar surface area (TPSA) is 63.3 Å². The predicted molar refractivity (Wildman–Crippen MR) is 146 cm³/mol. The van der Waals surface area contributed by atoms with Crippen LogP contribution in [-0.4, -0.2) is 15.9 Å². The van der Waals surface area contributed by atoms with Crippen LogP contribution in [0.1, 0.15) is 25.0 Å². The number of ketones is 1. The summed E-state index contributed by atoms with van der Waals surface area (Å²) in [6.45, 7) is 7.16. The molecule has 0 aliphatic heterocycles. The molecule has 0 unspecified atom stereocenters. The van der Waals surface area contributed by atoms with Gasteiger partial charge < -0.3 is 9.52 Å². The number of carbonyl (C=O) groups excluding carboxylic acids is 1. The van der Waals surface area contributed by atoms with Crippen LogP contribution >= 0.6 is 0 Å². The molecule has 1 radical (unpaired) electrons. The third-order valence-corrected chi connectivity index (χ3v) is 5.71. The number of aryl methyl sites for hydroxylation is 2. The molecule has 37 heavy (non-hydrogen) atoms. The molecule has 2 aromatic heterocycles. The van der Waals surface area contributed by atoms with Crippen LogP contribution in [0.3, 0.4) is 0 Å². The van der Waals surface area contributed by atoms with Crippen molar-refractivity contribution in [1.82, 2.24) is 4.98 Å². The Hall–Kier alpha value is -3.79. The second kappa shape index (κ2) is 12.4. The van der Waals surface area contributed by atoms with Gasteiger partial charge in [-0.2, -0.15) is 0 Å². The second-order valence-corrected chi connectivity index (χ2v) is 8.71. The van der Waals surface area contributed by atoms with E-state index >= 15 is 0 Å². The SMILES string of the molecule is CC(=O)/C=C(/C)O.Cc1cccc(C)c1-c1ccc(-c2cc3nc(-c4[c-]cccc4)ccc3o2)cc1.[Ir]. The average Bonchev–Trinajstić information content (AvgIpc) is 3.28. The van der Waals surface area contributed by atoms with Gasteiger partial charge in [0.2, 0.25) is 0 Å². The molecule has 0 spiro atoms. The smallest absolute Gasteiger partial charge is 0.155 e. The fourth-order valence-electron chi connectivity index (χ4n) is 4.13.